The van der Waals surface area contributed by atoms with Crippen LogP contribution < -0.4 is 10.6 Å². The van der Waals surface area contributed by atoms with Crippen molar-refractivity contribution in [3.63, 3.8) is 0 Å². The van der Waals surface area contributed by atoms with E-state index in [4.69, 9.17) is 21.1 Å². The van der Waals surface area contributed by atoms with Crippen LogP contribution in [-0.2, 0) is 19.3 Å². The van der Waals surface area contributed by atoms with Crippen molar-refractivity contribution in [2.75, 3.05) is 37.9 Å². The Hall–Kier alpha value is -2.66. The first-order chi connectivity index (χ1) is 20.9. The normalized spacial score (nSPS) is 21.2. The van der Waals surface area contributed by atoms with Gasteiger partial charge >= 0.3 is 0 Å². The molecular weight excluding hydrogens is 598 g/mol. The molecule has 0 saturated heterocycles. The Labute approximate surface area is 268 Å². The molecule has 1 atom stereocenters. The van der Waals surface area contributed by atoms with Crippen molar-refractivity contribution in [1.29, 1.82) is 0 Å². The lowest BCUT2D eigenvalue weighted by Gasteiger charge is -2.38. The summed E-state index contributed by atoms with van der Waals surface area (Å²) < 4.78 is 37.6. The van der Waals surface area contributed by atoms with Crippen LogP contribution in [0.3, 0.4) is 0 Å². The number of aromatic nitrogens is 2. The van der Waals surface area contributed by atoms with Gasteiger partial charge in [0.25, 0.3) is 0 Å². The second-order valence-electron chi connectivity index (χ2n) is 12.5. The molecule has 2 aromatic rings. The van der Waals surface area contributed by atoms with Crippen molar-refractivity contribution in [1.82, 2.24) is 14.9 Å². The van der Waals surface area contributed by atoms with Crippen molar-refractivity contribution in [2.24, 2.45) is 11.8 Å². The number of ether oxygens (including phenoxy) is 2. The van der Waals surface area contributed by atoms with E-state index in [1.807, 2.05) is 13.8 Å². The fraction of sp³-hybridized carbons (Fsp3) is 0.576. The highest BCUT2D eigenvalue weighted by Crippen LogP contribution is 2.41. The maximum absolute atomic E-state index is 13.0. The van der Waals surface area contributed by atoms with Crippen LogP contribution in [0.25, 0.3) is 0 Å². The maximum atomic E-state index is 13.0. The van der Waals surface area contributed by atoms with Crippen LogP contribution in [-0.4, -0.2) is 68.0 Å². The van der Waals surface area contributed by atoms with E-state index in [1.54, 1.807) is 45.2 Å². The molecule has 2 aliphatic carbocycles. The summed E-state index contributed by atoms with van der Waals surface area (Å²) in [6.45, 7) is 11.4. The Morgan fingerprint density at radius 3 is 2.45 bits per heavy atom. The minimum Gasteiger partial charge on any atom is -0.489 e. The van der Waals surface area contributed by atoms with E-state index in [-0.39, 0.29) is 16.0 Å². The Balaban J connectivity index is 1.56. The fourth-order valence-corrected chi connectivity index (χ4v) is 7.35. The number of likely N-dealkylation sites (N-methyl/N-ethyl adjacent to an activating group) is 1. The molecule has 44 heavy (non-hydrogen) atoms. The zero-order chi connectivity index (χ0) is 32.0. The van der Waals surface area contributed by atoms with E-state index in [2.05, 4.69) is 45.5 Å². The molecule has 0 aliphatic heterocycles. The summed E-state index contributed by atoms with van der Waals surface area (Å²) in [6.07, 6.45) is 9.21. The first kappa shape index (κ1) is 34.2. The van der Waals surface area contributed by atoms with Crippen molar-refractivity contribution >= 4 is 38.9 Å². The highest BCUT2D eigenvalue weighted by Gasteiger charge is 2.32. The maximum Gasteiger partial charge on any atom is 0.229 e. The minimum atomic E-state index is -3.53. The van der Waals surface area contributed by atoms with Gasteiger partial charge in [-0.2, -0.15) is 4.98 Å². The lowest BCUT2D eigenvalue weighted by molar-refractivity contribution is 0.115. The largest absolute Gasteiger partial charge is 0.489 e. The number of para-hydroxylation sites is 1. The molecule has 0 spiro atoms. The molecule has 4 rings (SSSR count). The quantitative estimate of drug-likeness (QED) is 0.234. The van der Waals surface area contributed by atoms with Gasteiger partial charge in [-0.05, 0) is 96.9 Å². The lowest BCUT2D eigenvalue weighted by Crippen LogP contribution is -2.37. The van der Waals surface area contributed by atoms with Crippen LogP contribution >= 0.6 is 11.6 Å². The molecule has 0 amide bonds. The number of benzene rings is 1. The summed E-state index contributed by atoms with van der Waals surface area (Å²) in [5.74, 6) is 2.35. The second kappa shape index (κ2) is 15.1. The molecule has 1 fully saturated rings. The van der Waals surface area contributed by atoms with Gasteiger partial charge in [-0.15, -0.1) is 0 Å². The van der Waals surface area contributed by atoms with Gasteiger partial charge in [0, 0.05) is 19.7 Å². The predicted molar refractivity (Wildman–Crippen MR) is 178 cm³/mol. The first-order valence-electron chi connectivity index (χ1n) is 15.6. The van der Waals surface area contributed by atoms with Crippen LogP contribution in [0.15, 0.2) is 58.5 Å². The Morgan fingerprint density at radius 1 is 1.09 bits per heavy atom. The van der Waals surface area contributed by atoms with Gasteiger partial charge in [-0.25, -0.2) is 13.4 Å². The zero-order valence-electron chi connectivity index (χ0n) is 27.1. The number of halogens is 1. The third-order valence-corrected chi connectivity index (χ3v) is 11.0. The Morgan fingerprint density at radius 2 is 1.80 bits per heavy atom. The van der Waals surface area contributed by atoms with E-state index in [0.29, 0.717) is 35.3 Å². The molecule has 2 N–H and O–H groups in total. The summed E-state index contributed by atoms with van der Waals surface area (Å²) in [4.78, 5) is 11.7. The van der Waals surface area contributed by atoms with Gasteiger partial charge in [-0.1, -0.05) is 36.2 Å². The molecule has 1 heterocycles. The van der Waals surface area contributed by atoms with Gasteiger partial charge in [0.15, 0.2) is 15.7 Å². The number of sulfone groups is 1. The van der Waals surface area contributed by atoms with E-state index >= 15 is 0 Å². The SMILES string of the molecule is COCCN(C)C1CCC(C2=CC(OC(C)C)=C(Nc3ncc(Cl)c(Nc4ccccc4S(=O)(=O)C(C)C)n3)CC2C)CC1. The van der Waals surface area contributed by atoms with E-state index in [9.17, 15) is 8.42 Å². The van der Waals surface area contributed by atoms with Gasteiger partial charge in [0.05, 0.1) is 40.4 Å². The van der Waals surface area contributed by atoms with Crippen molar-refractivity contribution in [3.8, 4) is 0 Å². The zero-order valence-corrected chi connectivity index (χ0v) is 28.6. The molecule has 9 nitrogen and oxygen atoms in total. The highest BCUT2D eigenvalue weighted by molar-refractivity contribution is 7.92. The van der Waals surface area contributed by atoms with E-state index in [1.165, 1.54) is 37.5 Å². The number of nitrogens with one attached hydrogen (secondary N) is 2. The van der Waals surface area contributed by atoms with Crippen LogP contribution in [0.1, 0.15) is 66.7 Å². The number of hydrogen-bond donors (Lipinski definition) is 2. The summed E-state index contributed by atoms with van der Waals surface area (Å²) in [5, 5.41) is 6.24. The summed E-state index contributed by atoms with van der Waals surface area (Å²) >= 11 is 6.48. The third-order valence-electron chi connectivity index (χ3n) is 8.55. The molecule has 11 heteroatoms. The molecule has 1 saturated carbocycles. The molecule has 0 radical (unpaired) electrons. The number of methoxy groups -OCH3 is 1. The lowest BCUT2D eigenvalue weighted by atomic mass is 9.74. The van der Waals surface area contributed by atoms with Crippen LogP contribution in [0, 0.1) is 11.8 Å². The fourth-order valence-electron chi connectivity index (χ4n) is 6.01. The monoisotopic (exact) mass is 645 g/mol. The topological polar surface area (TPSA) is 106 Å². The number of allylic oxidation sites excluding steroid dienone is 3. The van der Waals surface area contributed by atoms with Gasteiger partial charge in [0.1, 0.15) is 10.8 Å². The summed E-state index contributed by atoms with van der Waals surface area (Å²) in [6, 6.07) is 7.37. The second-order valence-corrected chi connectivity index (χ2v) is 15.3. The van der Waals surface area contributed by atoms with Crippen molar-refractivity contribution in [2.45, 2.75) is 89.0 Å². The third kappa shape index (κ3) is 8.33. The van der Waals surface area contributed by atoms with Crippen LogP contribution in [0.4, 0.5) is 17.5 Å². The number of hydrogen-bond acceptors (Lipinski definition) is 9. The number of anilines is 3. The smallest absolute Gasteiger partial charge is 0.229 e. The number of nitrogens with zero attached hydrogens (tertiary/aromatic N) is 3. The van der Waals surface area contributed by atoms with Crippen molar-refractivity contribution < 1.29 is 17.9 Å². The van der Waals surface area contributed by atoms with Crippen molar-refractivity contribution in [3.05, 3.63) is 58.6 Å². The predicted octanol–water partition coefficient (Wildman–Crippen LogP) is 7.21. The Bertz CT molecular complexity index is 1450. The molecular formula is C33H48ClN5O4S. The summed E-state index contributed by atoms with van der Waals surface area (Å²) in [7, 11) is 0.432. The van der Waals surface area contributed by atoms with E-state index < -0.39 is 15.1 Å². The molecule has 1 aromatic heterocycles. The van der Waals surface area contributed by atoms with Gasteiger partial charge in [0.2, 0.25) is 5.95 Å². The first-order valence-corrected chi connectivity index (χ1v) is 17.5. The molecule has 1 unspecified atom stereocenters. The molecule has 0 bridgehead atoms. The van der Waals surface area contributed by atoms with Crippen LogP contribution in [0.2, 0.25) is 5.02 Å². The van der Waals surface area contributed by atoms with Crippen LogP contribution in [0.5, 0.6) is 0 Å². The standard InChI is InChI=1S/C33H48ClN5O4S/c1-21(2)43-30-19-26(24-12-14-25(15-13-24)39(6)16-17-42-7)23(5)18-29(30)37-33-35-20-27(34)32(38-33)36-28-10-8-9-11-31(28)44(40,41)22(3)4/h8-11,19-25H,12-18H2,1-7H3,(H2,35,36,37,38). The Kier molecular flexibility index (Phi) is 11.7. The molecule has 242 valence electrons. The molecule has 2 aliphatic rings. The van der Waals surface area contributed by atoms with Gasteiger partial charge in [-0.3, -0.25) is 0 Å². The highest BCUT2D eigenvalue weighted by atomic mass is 35.5. The van der Waals surface area contributed by atoms with E-state index in [0.717, 1.165) is 31.0 Å². The molecule has 1 aromatic carbocycles. The average molecular weight is 646 g/mol. The average Bonchev–Trinajstić information content (AvgIpc) is 2.99. The summed E-state index contributed by atoms with van der Waals surface area (Å²) in [5.41, 5.74) is 2.78. The minimum absolute atomic E-state index is 0.000600. The number of rotatable bonds is 13. The van der Waals surface area contributed by atoms with Gasteiger partial charge < -0.3 is 25.0 Å².